The molecule has 0 unspecified atom stereocenters. The molecule has 1 N–H and O–H groups in total. The van der Waals surface area contributed by atoms with Gasteiger partial charge in [-0.1, -0.05) is 46.3 Å². The first kappa shape index (κ1) is 22.1. The van der Waals surface area contributed by atoms with Gasteiger partial charge in [0.25, 0.3) is 5.56 Å². The van der Waals surface area contributed by atoms with Gasteiger partial charge in [0.15, 0.2) is 5.69 Å². The van der Waals surface area contributed by atoms with Crippen LogP contribution >= 0.6 is 27.3 Å². The highest BCUT2D eigenvalue weighted by molar-refractivity contribution is 9.10. The number of benzene rings is 2. The second-order valence-corrected chi connectivity index (χ2v) is 9.37. The molecule has 0 bridgehead atoms. The van der Waals surface area contributed by atoms with Gasteiger partial charge >= 0.3 is 0 Å². The summed E-state index contributed by atoms with van der Waals surface area (Å²) in [6.45, 7) is 1.90. The van der Waals surface area contributed by atoms with Crippen LogP contribution in [0.2, 0.25) is 0 Å². The van der Waals surface area contributed by atoms with E-state index in [4.69, 9.17) is 10.1 Å². The van der Waals surface area contributed by atoms with Crippen LogP contribution in [0.15, 0.2) is 97.7 Å². The van der Waals surface area contributed by atoms with Crippen LogP contribution in [0.3, 0.4) is 0 Å². The molecule has 5 rings (SSSR count). The van der Waals surface area contributed by atoms with Gasteiger partial charge in [0.1, 0.15) is 0 Å². The highest BCUT2D eigenvalue weighted by Gasteiger charge is 2.16. The van der Waals surface area contributed by atoms with Crippen LogP contribution in [0.4, 0.5) is 5.69 Å². The van der Waals surface area contributed by atoms with Gasteiger partial charge in [0, 0.05) is 28.7 Å². The fourth-order valence-corrected chi connectivity index (χ4v) is 4.74. The summed E-state index contributed by atoms with van der Waals surface area (Å²) in [4.78, 5) is 21.9. The predicted molar refractivity (Wildman–Crippen MR) is 140 cm³/mol. The zero-order valence-electron chi connectivity index (χ0n) is 18.5. The van der Waals surface area contributed by atoms with Crippen molar-refractivity contribution in [1.29, 1.82) is 0 Å². The van der Waals surface area contributed by atoms with Crippen LogP contribution in [-0.4, -0.2) is 25.2 Å². The number of hydrogen-bond acceptors (Lipinski definition) is 4. The molecule has 0 amide bonds. The average molecular weight is 533 g/mol. The van der Waals surface area contributed by atoms with E-state index in [2.05, 4.69) is 20.9 Å². The Balaban J connectivity index is 1.69. The first-order chi connectivity index (χ1) is 16.5. The van der Waals surface area contributed by atoms with E-state index < -0.39 is 0 Å². The Morgan fingerprint density at radius 2 is 1.79 bits per heavy atom. The summed E-state index contributed by atoms with van der Waals surface area (Å²) in [7, 11) is 1.86. The molecule has 0 fully saturated rings. The van der Waals surface area contributed by atoms with Crippen molar-refractivity contribution in [1.82, 2.24) is 19.0 Å². The summed E-state index contributed by atoms with van der Waals surface area (Å²) >= 11 is 4.93. The van der Waals surface area contributed by atoms with Crippen LogP contribution in [-0.2, 0) is 7.05 Å². The smallest absolute Gasteiger partial charge is 0.297 e. The lowest BCUT2D eigenvalue weighted by Gasteiger charge is -2.07. The predicted octanol–water partition coefficient (Wildman–Crippen LogP) is 5.22. The van der Waals surface area contributed by atoms with Crippen LogP contribution in [0.25, 0.3) is 16.9 Å². The van der Waals surface area contributed by atoms with Crippen LogP contribution in [0, 0.1) is 6.92 Å². The van der Waals surface area contributed by atoms with Crippen molar-refractivity contribution < 1.29 is 0 Å². The van der Waals surface area contributed by atoms with Gasteiger partial charge in [-0.3, -0.25) is 9.48 Å². The molecule has 9 heteroatoms. The number of thiazole rings is 1. The summed E-state index contributed by atoms with van der Waals surface area (Å²) < 4.78 is 6.23. The van der Waals surface area contributed by atoms with Crippen LogP contribution < -0.4 is 10.4 Å². The Kier molecular flexibility index (Phi) is 6.04. The molecule has 7 nitrogen and oxygen atoms in total. The second-order valence-electron chi connectivity index (χ2n) is 7.61. The highest BCUT2D eigenvalue weighted by Crippen LogP contribution is 2.23. The molecule has 0 radical (unpaired) electrons. The van der Waals surface area contributed by atoms with Gasteiger partial charge in [-0.2, -0.15) is 5.10 Å². The molecule has 0 aliphatic rings. The molecule has 170 valence electrons. The number of H-pyrrole nitrogens is 1. The molecule has 0 atom stereocenters. The number of nitrogens with one attached hydrogen (secondary N) is 1. The lowest BCUT2D eigenvalue weighted by molar-refractivity contribution is 0.630. The number of hydrogen-bond donors (Lipinski definition) is 1. The van der Waals surface area contributed by atoms with Gasteiger partial charge in [-0.05, 0) is 43.3 Å². The number of nitrogens with zero attached hydrogens (tertiary/aromatic N) is 5. The molecule has 2 aromatic carbocycles. The monoisotopic (exact) mass is 532 g/mol. The third-order valence-electron chi connectivity index (χ3n) is 5.49. The van der Waals surface area contributed by atoms with E-state index in [9.17, 15) is 4.79 Å². The molecule has 0 saturated carbocycles. The molecule has 5 aromatic rings. The van der Waals surface area contributed by atoms with E-state index in [1.165, 1.54) is 11.3 Å². The van der Waals surface area contributed by atoms with E-state index in [0.29, 0.717) is 10.5 Å². The molecule has 3 aromatic heterocycles. The Bertz CT molecular complexity index is 1590. The molecule has 0 aliphatic heterocycles. The van der Waals surface area contributed by atoms with Crippen molar-refractivity contribution in [3.63, 3.8) is 0 Å². The molecule has 3 heterocycles. The molecule has 0 aliphatic carbocycles. The normalized spacial score (nSPS) is 12.1. The summed E-state index contributed by atoms with van der Waals surface area (Å²) in [5.41, 5.74) is 4.52. The van der Waals surface area contributed by atoms with Crippen molar-refractivity contribution in [3.8, 4) is 16.9 Å². The SMILES string of the molecule is Cc1c(N=c2scc(-c3ccc(Br)cc3)n2N=Cc2ccc[nH]2)c(=O)n(-c2ccccc2)n1C. The average Bonchev–Trinajstić information content (AvgIpc) is 3.56. The highest BCUT2D eigenvalue weighted by atomic mass is 79.9. The fourth-order valence-electron chi connectivity index (χ4n) is 3.63. The first-order valence-electron chi connectivity index (χ1n) is 10.6. The lowest BCUT2D eigenvalue weighted by atomic mass is 10.2. The maximum atomic E-state index is 13.4. The standard InChI is InChI=1S/C25H21BrN6OS/c1-17-23(24(33)32(30(17)2)21-8-4-3-5-9-21)29-25-31(28-15-20-7-6-14-27-20)22(16-34-25)18-10-12-19(26)13-11-18/h3-16,27H,1-2H3. The van der Waals surface area contributed by atoms with Gasteiger partial charge < -0.3 is 4.98 Å². The number of aromatic nitrogens is 4. The number of rotatable bonds is 5. The fraction of sp³-hybridized carbons (Fsp3) is 0.0800. The Morgan fingerprint density at radius 1 is 1.03 bits per heavy atom. The molecular formula is C25H21BrN6OS. The van der Waals surface area contributed by atoms with E-state index >= 15 is 0 Å². The summed E-state index contributed by atoms with van der Waals surface area (Å²) in [6.07, 6.45) is 3.59. The van der Waals surface area contributed by atoms with Crippen LogP contribution in [0.5, 0.6) is 0 Å². The van der Waals surface area contributed by atoms with E-state index in [0.717, 1.165) is 32.8 Å². The number of para-hydroxylation sites is 1. The van der Waals surface area contributed by atoms with E-state index in [-0.39, 0.29) is 5.56 Å². The topological polar surface area (TPSA) is 72.4 Å². The summed E-state index contributed by atoms with van der Waals surface area (Å²) in [5, 5.41) is 6.70. The van der Waals surface area contributed by atoms with Gasteiger partial charge in [-0.25, -0.2) is 14.4 Å². The van der Waals surface area contributed by atoms with E-state index in [1.807, 2.05) is 97.0 Å². The minimum absolute atomic E-state index is 0.176. The van der Waals surface area contributed by atoms with Gasteiger partial charge in [0.2, 0.25) is 4.80 Å². The number of halogens is 1. The third-order valence-corrected chi connectivity index (χ3v) is 6.84. The maximum absolute atomic E-state index is 13.4. The lowest BCUT2D eigenvalue weighted by Crippen LogP contribution is -2.19. The third kappa shape index (κ3) is 4.15. The van der Waals surface area contributed by atoms with Gasteiger partial charge in [0.05, 0.1) is 29.0 Å². The van der Waals surface area contributed by atoms with Crippen LogP contribution in [0.1, 0.15) is 11.4 Å². The van der Waals surface area contributed by atoms with Crippen molar-refractivity contribution >= 4 is 39.2 Å². The van der Waals surface area contributed by atoms with Crippen molar-refractivity contribution in [3.05, 3.63) is 109 Å². The summed E-state index contributed by atoms with van der Waals surface area (Å²) in [6, 6.07) is 21.4. The van der Waals surface area contributed by atoms with Gasteiger partial charge in [-0.15, -0.1) is 11.3 Å². The Hall–Kier alpha value is -3.69. The zero-order valence-corrected chi connectivity index (χ0v) is 20.9. The second kappa shape index (κ2) is 9.28. The Morgan fingerprint density at radius 3 is 2.50 bits per heavy atom. The maximum Gasteiger partial charge on any atom is 0.297 e. The quantitative estimate of drug-likeness (QED) is 0.309. The van der Waals surface area contributed by atoms with Crippen molar-refractivity contribution in [2.45, 2.75) is 6.92 Å². The molecule has 34 heavy (non-hydrogen) atoms. The summed E-state index contributed by atoms with van der Waals surface area (Å²) in [5.74, 6) is 0. The van der Waals surface area contributed by atoms with E-state index in [1.54, 1.807) is 15.6 Å². The first-order valence-corrected chi connectivity index (χ1v) is 12.2. The van der Waals surface area contributed by atoms with Crippen molar-refractivity contribution in [2.24, 2.45) is 17.1 Å². The molecular weight excluding hydrogens is 512 g/mol. The molecule has 0 spiro atoms. The number of aromatic amines is 1. The Labute approximate surface area is 208 Å². The minimum Gasteiger partial charge on any atom is -0.360 e. The largest absolute Gasteiger partial charge is 0.360 e. The zero-order chi connectivity index (χ0) is 23.7. The minimum atomic E-state index is -0.176. The molecule has 0 saturated heterocycles. The van der Waals surface area contributed by atoms with Crippen molar-refractivity contribution in [2.75, 3.05) is 0 Å².